The molecule has 0 radical (unpaired) electrons. The van der Waals surface area contributed by atoms with E-state index in [-0.39, 0.29) is 5.75 Å². The van der Waals surface area contributed by atoms with Crippen molar-refractivity contribution in [2.24, 2.45) is 5.73 Å². The summed E-state index contributed by atoms with van der Waals surface area (Å²) in [5, 5.41) is 0. The average Bonchev–Trinajstić information content (AvgIpc) is 2.79. The molecule has 1 amide bonds. The maximum Gasteiger partial charge on any atom is 0.235 e. The molecule has 1 aromatic rings. The number of hydrogen-bond acceptors (Lipinski definition) is 3. The first-order valence-corrected chi connectivity index (χ1v) is 7.44. The maximum absolute atomic E-state index is 12.2. The highest BCUT2D eigenvalue weighted by Gasteiger charge is 2.37. The Kier molecular flexibility index (Phi) is 3.68. The van der Waals surface area contributed by atoms with Crippen molar-refractivity contribution in [2.45, 2.75) is 24.6 Å². The minimum atomic E-state index is -3.47. The summed E-state index contributed by atoms with van der Waals surface area (Å²) in [7, 11) is -3.47. The van der Waals surface area contributed by atoms with E-state index >= 15 is 0 Å². The number of amides is 1. The summed E-state index contributed by atoms with van der Waals surface area (Å²) in [6, 6.07) is 8.25. The van der Waals surface area contributed by atoms with Crippen molar-refractivity contribution in [3.8, 4) is 0 Å². The molecule has 0 aromatic heterocycles. The highest BCUT2D eigenvalue weighted by atomic mass is 32.2. The van der Waals surface area contributed by atoms with E-state index in [0.717, 1.165) is 0 Å². The van der Waals surface area contributed by atoms with Gasteiger partial charge in [-0.2, -0.15) is 4.31 Å². The summed E-state index contributed by atoms with van der Waals surface area (Å²) in [6.45, 7) is 0.378. The lowest BCUT2D eigenvalue weighted by Crippen LogP contribution is -2.44. The zero-order chi connectivity index (χ0) is 13.2. The standard InChI is InChI=1S/C12H16N2O3S/c13-12(15)11-7-4-8-14(11)18(16,17)9-10-5-2-1-3-6-10/h1-3,5-6,11H,4,7-9H2,(H2,13,15)/t11-/m1/s1. The number of carbonyl (C=O) groups excluding carboxylic acids is 1. The predicted octanol–water partition coefficient (Wildman–Crippen LogP) is 0.466. The fourth-order valence-electron chi connectivity index (χ4n) is 2.23. The third-order valence-corrected chi connectivity index (χ3v) is 4.93. The van der Waals surface area contributed by atoms with Crippen molar-refractivity contribution < 1.29 is 13.2 Å². The van der Waals surface area contributed by atoms with Gasteiger partial charge in [0.25, 0.3) is 0 Å². The van der Waals surface area contributed by atoms with Crippen LogP contribution in [0.25, 0.3) is 0 Å². The second kappa shape index (κ2) is 5.07. The quantitative estimate of drug-likeness (QED) is 0.861. The molecule has 6 heteroatoms. The molecular weight excluding hydrogens is 252 g/mol. The van der Waals surface area contributed by atoms with E-state index in [1.54, 1.807) is 24.3 Å². The third-order valence-electron chi connectivity index (χ3n) is 3.08. The van der Waals surface area contributed by atoms with E-state index in [2.05, 4.69) is 0 Å². The highest BCUT2D eigenvalue weighted by molar-refractivity contribution is 7.88. The smallest absolute Gasteiger partial charge is 0.235 e. The first kappa shape index (κ1) is 13.0. The van der Waals surface area contributed by atoms with E-state index in [4.69, 9.17) is 5.73 Å². The largest absolute Gasteiger partial charge is 0.368 e. The number of hydrogen-bond donors (Lipinski definition) is 1. The maximum atomic E-state index is 12.2. The molecule has 1 fully saturated rings. The van der Waals surface area contributed by atoms with Crippen LogP contribution in [0, 0.1) is 0 Å². The van der Waals surface area contributed by atoms with Gasteiger partial charge in [0.2, 0.25) is 15.9 Å². The van der Waals surface area contributed by atoms with Crippen molar-refractivity contribution in [3.63, 3.8) is 0 Å². The van der Waals surface area contributed by atoms with Crippen LogP contribution in [0.3, 0.4) is 0 Å². The summed E-state index contributed by atoms with van der Waals surface area (Å²) in [6.07, 6.45) is 1.20. The Hall–Kier alpha value is -1.40. The van der Waals surface area contributed by atoms with Gasteiger partial charge in [0, 0.05) is 6.54 Å². The Bertz CT molecular complexity index is 528. The van der Waals surface area contributed by atoms with Gasteiger partial charge >= 0.3 is 0 Å². The number of rotatable bonds is 4. The molecule has 1 aliphatic heterocycles. The lowest BCUT2D eigenvalue weighted by Gasteiger charge is -2.21. The third kappa shape index (κ3) is 2.70. The van der Waals surface area contributed by atoms with Crippen molar-refractivity contribution >= 4 is 15.9 Å². The van der Waals surface area contributed by atoms with Gasteiger partial charge in [0.1, 0.15) is 6.04 Å². The van der Waals surface area contributed by atoms with Gasteiger partial charge in [-0.05, 0) is 18.4 Å². The molecule has 0 saturated carbocycles. The van der Waals surface area contributed by atoms with Crippen LogP contribution in [0.15, 0.2) is 30.3 Å². The number of carbonyl (C=O) groups is 1. The van der Waals surface area contributed by atoms with Crippen LogP contribution in [0.1, 0.15) is 18.4 Å². The first-order chi connectivity index (χ1) is 8.50. The van der Waals surface area contributed by atoms with Crippen molar-refractivity contribution in [1.29, 1.82) is 0 Å². The van der Waals surface area contributed by atoms with E-state index in [0.29, 0.717) is 24.9 Å². The second-order valence-electron chi connectivity index (χ2n) is 4.41. The Morgan fingerprint density at radius 3 is 2.61 bits per heavy atom. The predicted molar refractivity (Wildman–Crippen MR) is 68.0 cm³/mol. The van der Waals surface area contributed by atoms with Gasteiger partial charge in [0.15, 0.2) is 0 Å². The second-order valence-corrected chi connectivity index (χ2v) is 6.33. The van der Waals surface area contributed by atoms with Crippen molar-refractivity contribution in [2.75, 3.05) is 6.54 Å². The lowest BCUT2D eigenvalue weighted by molar-refractivity contribution is -0.121. The van der Waals surface area contributed by atoms with Gasteiger partial charge in [-0.3, -0.25) is 4.79 Å². The van der Waals surface area contributed by atoms with Crippen LogP contribution < -0.4 is 5.73 Å². The molecule has 1 saturated heterocycles. The van der Waals surface area contributed by atoms with Gasteiger partial charge < -0.3 is 5.73 Å². The van der Waals surface area contributed by atoms with Gasteiger partial charge in [-0.1, -0.05) is 30.3 Å². The summed E-state index contributed by atoms with van der Waals surface area (Å²) in [5.41, 5.74) is 5.95. The van der Waals surface area contributed by atoms with E-state index < -0.39 is 22.0 Å². The molecule has 0 bridgehead atoms. The van der Waals surface area contributed by atoms with Gasteiger partial charge in [0.05, 0.1) is 5.75 Å². The van der Waals surface area contributed by atoms with Crippen LogP contribution in [-0.2, 0) is 20.6 Å². The summed E-state index contributed by atoms with van der Waals surface area (Å²) < 4.78 is 25.7. The van der Waals surface area contributed by atoms with E-state index in [9.17, 15) is 13.2 Å². The molecule has 0 unspecified atom stereocenters. The number of benzene rings is 1. The lowest BCUT2D eigenvalue weighted by atomic mass is 10.2. The normalized spacial score (nSPS) is 21.0. The fraction of sp³-hybridized carbons (Fsp3) is 0.417. The minimum absolute atomic E-state index is 0.0857. The molecule has 18 heavy (non-hydrogen) atoms. The number of nitrogens with two attached hydrogens (primary N) is 1. The summed E-state index contributed by atoms with van der Waals surface area (Å²) in [5.74, 6) is -0.651. The monoisotopic (exact) mass is 268 g/mol. The Morgan fingerprint density at radius 1 is 1.33 bits per heavy atom. The van der Waals surface area contributed by atoms with Crippen LogP contribution in [0.2, 0.25) is 0 Å². The molecule has 2 N–H and O–H groups in total. The van der Waals surface area contributed by atoms with E-state index in [1.807, 2.05) is 6.07 Å². The first-order valence-electron chi connectivity index (χ1n) is 5.83. The molecule has 1 aromatic carbocycles. The van der Waals surface area contributed by atoms with Crippen LogP contribution >= 0.6 is 0 Å². The van der Waals surface area contributed by atoms with Gasteiger partial charge in [-0.15, -0.1) is 0 Å². The number of nitrogens with zero attached hydrogens (tertiary/aromatic N) is 1. The minimum Gasteiger partial charge on any atom is -0.368 e. The van der Waals surface area contributed by atoms with E-state index in [1.165, 1.54) is 4.31 Å². The average molecular weight is 268 g/mol. The Labute approximate surface area is 107 Å². The summed E-state index contributed by atoms with van der Waals surface area (Å²) >= 11 is 0. The topological polar surface area (TPSA) is 80.5 Å². The molecule has 0 aliphatic carbocycles. The zero-order valence-electron chi connectivity index (χ0n) is 9.95. The Morgan fingerprint density at radius 2 is 2.00 bits per heavy atom. The Balaban J connectivity index is 2.19. The molecule has 98 valence electrons. The SMILES string of the molecule is NC(=O)[C@H]1CCCN1S(=O)(=O)Cc1ccccc1. The number of sulfonamides is 1. The fourth-order valence-corrected chi connectivity index (χ4v) is 4.01. The van der Waals surface area contributed by atoms with Crippen LogP contribution in [0.5, 0.6) is 0 Å². The molecule has 1 aliphatic rings. The molecule has 5 nitrogen and oxygen atoms in total. The van der Waals surface area contributed by atoms with Crippen LogP contribution in [-0.4, -0.2) is 31.2 Å². The number of primary amides is 1. The summed E-state index contributed by atoms with van der Waals surface area (Å²) in [4.78, 5) is 11.2. The highest BCUT2D eigenvalue weighted by Crippen LogP contribution is 2.23. The molecule has 1 atom stereocenters. The van der Waals surface area contributed by atoms with Gasteiger partial charge in [-0.25, -0.2) is 8.42 Å². The molecule has 2 rings (SSSR count). The van der Waals surface area contributed by atoms with Crippen molar-refractivity contribution in [1.82, 2.24) is 4.31 Å². The molecule has 0 spiro atoms. The molecular formula is C12H16N2O3S. The zero-order valence-corrected chi connectivity index (χ0v) is 10.8. The van der Waals surface area contributed by atoms with Crippen LogP contribution in [0.4, 0.5) is 0 Å². The van der Waals surface area contributed by atoms with Crippen molar-refractivity contribution in [3.05, 3.63) is 35.9 Å². The molecule has 1 heterocycles.